The number of hydrogen-bond donors (Lipinski definition) is 3. The Bertz CT molecular complexity index is 337. The highest BCUT2D eigenvalue weighted by molar-refractivity contribution is 5.78. The van der Waals surface area contributed by atoms with Gasteiger partial charge in [0.15, 0.2) is 6.10 Å². The van der Waals surface area contributed by atoms with Crippen molar-refractivity contribution in [1.82, 2.24) is 0 Å². The number of aldehydes is 1. The van der Waals surface area contributed by atoms with Crippen LogP contribution in [0, 0.1) is 0 Å². The fourth-order valence-electron chi connectivity index (χ4n) is 1.73. The zero-order valence-electron chi connectivity index (χ0n) is 10.2. The lowest BCUT2D eigenvalue weighted by molar-refractivity contribution is -0.161. The van der Waals surface area contributed by atoms with Gasteiger partial charge in [-0.2, -0.15) is 0 Å². The molecule has 6 heteroatoms. The summed E-state index contributed by atoms with van der Waals surface area (Å²) in [6, 6.07) is 0. The first-order valence-corrected chi connectivity index (χ1v) is 5.91. The topological polar surface area (TPSA) is 104 Å². The Morgan fingerprint density at radius 2 is 2.06 bits per heavy atom. The van der Waals surface area contributed by atoms with Crippen molar-refractivity contribution in [3.8, 4) is 0 Å². The molecule has 3 N–H and O–H groups in total. The number of aliphatic hydroxyl groups excluding tert-OH is 3. The molecular formula is C12H18O6. The fraction of sp³-hybridized carbons (Fsp3) is 0.667. The number of carbonyl (C=O) groups is 2. The van der Waals surface area contributed by atoms with Crippen LogP contribution in [-0.4, -0.2) is 52.0 Å². The molecule has 0 aliphatic heterocycles. The van der Waals surface area contributed by atoms with E-state index in [1.807, 2.05) is 6.92 Å². The number of esters is 1. The van der Waals surface area contributed by atoms with Crippen LogP contribution in [0.15, 0.2) is 11.6 Å². The Morgan fingerprint density at radius 3 is 2.61 bits per heavy atom. The Kier molecular flexibility index (Phi) is 5.46. The van der Waals surface area contributed by atoms with Crippen molar-refractivity contribution >= 4 is 12.3 Å². The van der Waals surface area contributed by atoms with Gasteiger partial charge in [-0.1, -0.05) is 13.3 Å². The number of unbranched alkanes of at least 4 members (excludes halogenated alkanes) is 1. The lowest BCUT2D eigenvalue weighted by Crippen LogP contribution is -2.50. The quantitative estimate of drug-likeness (QED) is 0.445. The SMILES string of the molecule is CCCCC(=O)O[C@@H]1C(C=O)=C[C@@H](O)[C@H](O)[C@H]1O. The summed E-state index contributed by atoms with van der Waals surface area (Å²) in [4.78, 5) is 22.2. The summed E-state index contributed by atoms with van der Waals surface area (Å²) >= 11 is 0. The van der Waals surface area contributed by atoms with Crippen molar-refractivity contribution in [2.24, 2.45) is 0 Å². The highest BCUT2D eigenvalue weighted by atomic mass is 16.6. The van der Waals surface area contributed by atoms with E-state index in [1.54, 1.807) is 0 Å². The lowest BCUT2D eigenvalue weighted by Gasteiger charge is -2.32. The largest absolute Gasteiger partial charge is 0.454 e. The van der Waals surface area contributed by atoms with Gasteiger partial charge in [0, 0.05) is 12.0 Å². The van der Waals surface area contributed by atoms with E-state index in [0.29, 0.717) is 12.7 Å². The fourth-order valence-corrected chi connectivity index (χ4v) is 1.73. The minimum Gasteiger partial charge on any atom is -0.454 e. The Balaban J connectivity index is 2.75. The van der Waals surface area contributed by atoms with Gasteiger partial charge in [-0.05, 0) is 12.5 Å². The number of rotatable bonds is 5. The smallest absolute Gasteiger partial charge is 0.306 e. The average molecular weight is 258 g/mol. The lowest BCUT2D eigenvalue weighted by atomic mass is 9.90. The zero-order valence-corrected chi connectivity index (χ0v) is 10.2. The third-order valence-electron chi connectivity index (χ3n) is 2.83. The molecule has 0 saturated carbocycles. The summed E-state index contributed by atoms with van der Waals surface area (Å²) in [6.07, 6.45) is -2.40. The molecule has 0 aromatic heterocycles. The summed E-state index contributed by atoms with van der Waals surface area (Å²) in [6.45, 7) is 1.92. The van der Waals surface area contributed by atoms with E-state index in [0.717, 1.165) is 12.5 Å². The van der Waals surface area contributed by atoms with Crippen LogP contribution in [0.25, 0.3) is 0 Å². The summed E-state index contributed by atoms with van der Waals surface area (Å²) in [5, 5.41) is 28.5. The molecule has 1 rings (SSSR count). The number of hydrogen-bond acceptors (Lipinski definition) is 6. The van der Waals surface area contributed by atoms with Gasteiger partial charge >= 0.3 is 5.97 Å². The highest BCUT2D eigenvalue weighted by Gasteiger charge is 2.39. The maximum absolute atomic E-state index is 11.4. The van der Waals surface area contributed by atoms with Crippen molar-refractivity contribution in [2.45, 2.75) is 50.6 Å². The molecule has 1 aliphatic rings. The molecule has 0 heterocycles. The van der Waals surface area contributed by atoms with E-state index in [-0.39, 0.29) is 12.0 Å². The summed E-state index contributed by atoms with van der Waals surface area (Å²) in [5.41, 5.74) is -0.0369. The second-order valence-corrected chi connectivity index (χ2v) is 4.27. The molecule has 0 aromatic carbocycles. The van der Waals surface area contributed by atoms with Crippen molar-refractivity contribution in [3.63, 3.8) is 0 Å². The van der Waals surface area contributed by atoms with Crippen LogP contribution in [0.4, 0.5) is 0 Å². The molecule has 0 spiro atoms. The highest BCUT2D eigenvalue weighted by Crippen LogP contribution is 2.22. The van der Waals surface area contributed by atoms with Gasteiger partial charge in [0.1, 0.15) is 24.6 Å². The van der Waals surface area contributed by atoms with Gasteiger partial charge < -0.3 is 20.1 Å². The molecule has 18 heavy (non-hydrogen) atoms. The summed E-state index contributed by atoms with van der Waals surface area (Å²) in [7, 11) is 0. The van der Waals surface area contributed by atoms with E-state index in [4.69, 9.17) is 4.74 Å². The molecule has 0 saturated heterocycles. The van der Waals surface area contributed by atoms with Crippen LogP contribution in [0.2, 0.25) is 0 Å². The predicted octanol–water partition coefficient (Wildman–Crippen LogP) is -0.690. The van der Waals surface area contributed by atoms with E-state index < -0.39 is 30.4 Å². The van der Waals surface area contributed by atoms with E-state index in [1.165, 1.54) is 0 Å². The van der Waals surface area contributed by atoms with Gasteiger partial charge in [-0.3, -0.25) is 9.59 Å². The molecule has 0 unspecified atom stereocenters. The molecule has 1 aliphatic carbocycles. The molecule has 6 nitrogen and oxygen atoms in total. The minimum atomic E-state index is -1.50. The first-order valence-electron chi connectivity index (χ1n) is 5.91. The van der Waals surface area contributed by atoms with Gasteiger partial charge in [0.2, 0.25) is 0 Å². The van der Waals surface area contributed by atoms with Crippen molar-refractivity contribution in [3.05, 3.63) is 11.6 Å². The molecule has 0 bridgehead atoms. The Morgan fingerprint density at radius 1 is 1.39 bits per heavy atom. The van der Waals surface area contributed by atoms with Crippen LogP contribution in [0.3, 0.4) is 0 Å². The summed E-state index contributed by atoms with van der Waals surface area (Å²) < 4.78 is 4.97. The third kappa shape index (κ3) is 3.38. The van der Waals surface area contributed by atoms with Crippen LogP contribution in [0.5, 0.6) is 0 Å². The third-order valence-corrected chi connectivity index (χ3v) is 2.83. The molecular weight excluding hydrogens is 240 g/mol. The molecule has 0 radical (unpaired) electrons. The van der Waals surface area contributed by atoms with Gasteiger partial charge in [0.25, 0.3) is 0 Å². The van der Waals surface area contributed by atoms with Crippen LogP contribution >= 0.6 is 0 Å². The molecule has 0 fully saturated rings. The first-order chi connectivity index (χ1) is 8.51. The van der Waals surface area contributed by atoms with E-state index >= 15 is 0 Å². The zero-order chi connectivity index (χ0) is 13.7. The van der Waals surface area contributed by atoms with Crippen LogP contribution in [0.1, 0.15) is 26.2 Å². The van der Waals surface area contributed by atoms with Crippen LogP contribution in [-0.2, 0) is 14.3 Å². The van der Waals surface area contributed by atoms with Crippen molar-refractivity contribution in [1.29, 1.82) is 0 Å². The van der Waals surface area contributed by atoms with Gasteiger partial charge in [-0.25, -0.2) is 0 Å². The Hall–Kier alpha value is -1.24. The standard InChI is InChI=1S/C12H18O6/c1-2-3-4-9(15)18-12-7(6-13)5-8(14)10(16)11(12)17/h5-6,8,10-12,14,16-17H,2-4H2,1H3/t8-,10+,11-,12-/m1/s1. The van der Waals surface area contributed by atoms with Gasteiger partial charge in [0.05, 0.1) is 0 Å². The molecule has 0 aromatic rings. The monoisotopic (exact) mass is 258 g/mol. The normalized spacial score (nSPS) is 31.7. The minimum absolute atomic E-state index is 0.0369. The van der Waals surface area contributed by atoms with Crippen LogP contribution < -0.4 is 0 Å². The number of aliphatic hydroxyl groups is 3. The number of ether oxygens (including phenoxy) is 1. The molecule has 102 valence electrons. The predicted molar refractivity (Wildman–Crippen MR) is 61.6 cm³/mol. The van der Waals surface area contributed by atoms with Crippen molar-refractivity contribution in [2.75, 3.05) is 0 Å². The second-order valence-electron chi connectivity index (χ2n) is 4.27. The summed E-state index contributed by atoms with van der Waals surface area (Å²) in [5.74, 6) is -0.544. The Labute approximate surface area is 105 Å². The van der Waals surface area contributed by atoms with Crippen molar-refractivity contribution < 1.29 is 29.6 Å². The second kappa shape index (κ2) is 6.63. The first kappa shape index (κ1) is 14.8. The maximum atomic E-state index is 11.4. The van der Waals surface area contributed by atoms with E-state index in [9.17, 15) is 24.9 Å². The van der Waals surface area contributed by atoms with Gasteiger partial charge in [-0.15, -0.1) is 0 Å². The average Bonchev–Trinajstić information content (AvgIpc) is 2.36. The molecule has 4 atom stereocenters. The van der Waals surface area contributed by atoms with E-state index in [2.05, 4.69) is 0 Å². The molecule has 0 amide bonds. The maximum Gasteiger partial charge on any atom is 0.306 e. The number of carbonyl (C=O) groups excluding carboxylic acids is 2.